The number of carbonyl (C=O) groups excluding carboxylic acids is 1. The van der Waals surface area contributed by atoms with Crippen LogP contribution in [0, 0.1) is 0 Å². The van der Waals surface area contributed by atoms with Crippen molar-refractivity contribution >= 4 is 21.7 Å². The molecule has 1 aliphatic carbocycles. The number of alkyl halides is 1. The van der Waals surface area contributed by atoms with Crippen molar-refractivity contribution in [3.05, 3.63) is 17.5 Å². The molecule has 2 rings (SSSR count). The van der Waals surface area contributed by atoms with E-state index in [-0.39, 0.29) is 16.1 Å². The summed E-state index contributed by atoms with van der Waals surface area (Å²) in [6.45, 7) is 6.31. The molecule has 1 aromatic heterocycles. The van der Waals surface area contributed by atoms with E-state index in [0.717, 1.165) is 24.1 Å². The Morgan fingerprint density at radius 1 is 1.53 bits per heavy atom. The van der Waals surface area contributed by atoms with Crippen molar-refractivity contribution < 1.29 is 4.79 Å². The van der Waals surface area contributed by atoms with Crippen LogP contribution in [0.3, 0.4) is 0 Å². The van der Waals surface area contributed by atoms with Gasteiger partial charge in [-0.05, 0) is 33.6 Å². The fraction of sp³-hybridized carbons (Fsp3) is 0.636. The lowest BCUT2D eigenvalue weighted by atomic mass is 9.95. The smallest absolute Gasteiger partial charge is 0.179 e. The van der Waals surface area contributed by atoms with Crippen molar-refractivity contribution in [2.24, 2.45) is 0 Å². The molecule has 0 saturated carbocycles. The lowest BCUT2D eigenvalue weighted by Crippen LogP contribution is -2.29. The maximum Gasteiger partial charge on any atom is 0.179 e. The number of Topliss-reactive ketones (excluding diaryl/α,β-unsaturated/α-hetero) is 1. The molecule has 1 heterocycles. The standard InChI is InChI=1S/C11H15BrN2O/c1-11(2,3)14-9-5-4-8(12)10(15)7(9)6-13-14/h6,8H,4-5H2,1-3H3. The van der Waals surface area contributed by atoms with Crippen molar-refractivity contribution in [3.63, 3.8) is 0 Å². The largest absolute Gasteiger partial charge is 0.293 e. The molecule has 0 aliphatic heterocycles. The number of halogens is 1. The Morgan fingerprint density at radius 3 is 2.80 bits per heavy atom. The molecule has 82 valence electrons. The highest BCUT2D eigenvalue weighted by Crippen LogP contribution is 2.28. The Labute approximate surface area is 98.0 Å². The van der Waals surface area contributed by atoms with Crippen LogP contribution < -0.4 is 0 Å². The molecule has 0 bridgehead atoms. The predicted octanol–water partition coefficient (Wildman–Crippen LogP) is 2.53. The number of ketones is 1. The Kier molecular flexibility index (Phi) is 2.49. The first-order chi connectivity index (χ1) is 6.91. The molecule has 0 N–H and O–H groups in total. The molecular formula is C11H15BrN2O. The second kappa shape index (κ2) is 3.44. The van der Waals surface area contributed by atoms with Crippen LogP contribution in [-0.4, -0.2) is 20.4 Å². The number of hydrogen-bond acceptors (Lipinski definition) is 2. The summed E-state index contributed by atoms with van der Waals surface area (Å²) in [7, 11) is 0. The minimum atomic E-state index is -0.0486. The third-order valence-electron chi connectivity index (χ3n) is 2.69. The second-order valence-corrected chi connectivity index (χ2v) is 6.06. The third kappa shape index (κ3) is 1.75. The number of rotatable bonds is 0. The zero-order valence-corrected chi connectivity index (χ0v) is 10.8. The first-order valence-corrected chi connectivity index (χ1v) is 6.08. The van der Waals surface area contributed by atoms with Gasteiger partial charge in [0.15, 0.2) is 5.78 Å². The first-order valence-electron chi connectivity index (χ1n) is 5.17. The van der Waals surface area contributed by atoms with Crippen LogP contribution in [0.4, 0.5) is 0 Å². The average molecular weight is 271 g/mol. The normalized spacial score (nSPS) is 21.6. The van der Waals surface area contributed by atoms with Gasteiger partial charge in [-0.25, -0.2) is 0 Å². The summed E-state index contributed by atoms with van der Waals surface area (Å²) >= 11 is 3.40. The summed E-state index contributed by atoms with van der Waals surface area (Å²) < 4.78 is 1.97. The van der Waals surface area contributed by atoms with E-state index in [4.69, 9.17) is 0 Å². The van der Waals surface area contributed by atoms with E-state index in [1.54, 1.807) is 6.20 Å². The SMILES string of the molecule is CC(C)(C)n1ncc2c1CCC(Br)C2=O. The summed E-state index contributed by atoms with van der Waals surface area (Å²) in [5.41, 5.74) is 1.83. The Hall–Kier alpha value is -0.640. The van der Waals surface area contributed by atoms with Crippen LogP contribution in [0.5, 0.6) is 0 Å². The van der Waals surface area contributed by atoms with Crippen LogP contribution in [0.2, 0.25) is 0 Å². The molecule has 15 heavy (non-hydrogen) atoms. The van der Waals surface area contributed by atoms with E-state index >= 15 is 0 Å². The molecule has 0 spiro atoms. The summed E-state index contributed by atoms with van der Waals surface area (Å²) in [5.74, 6) is 0.173. The van der Waals surface area contributed by atoms with Crippen LogP contribution in [0.25, 0.3) is 0 Å². The minimum Gasteiger partial charge on any atom is -0.293 e. The fourth-order valence-corrected chi connectivity index (χ4v) is 2.44. The van der Waals surface area contributed by atoms with Crippen molar-refractivity contribution in [1.29, 1.82) is 0 Å². The number of nitrogens with zero attached hydrogens (tertiary/aromatic N) is 2. The molecule has 0 saturated heterocycles. The highest BCUT2D eigenvalue weighted by Gasteiger charge is 2.31. The number of carbonyl (C=O) groups is 1. The van der Waals surface area contributed by atoms with Gasteiger partial charge >= 0.3 is 0 Å². The Morgan fingerprint density at radius 2 is 2.20 bits per heavy atom. The molecule has 0 aromatic carbocycles. The lowest BCUT2D eigenvalue weighted by Gasteiger charge is -2.25. The van der Waals surface area contributed by atoms with Gasteiger partial charge in [-0.1, -0.05) is 15.9 Å². The molecule has 0 amide bonds. The highest BCUT2D eigenvalue weighted by molar-refractivity contribution is 9.10. The van der Waals surface area contributed by atoms with E-state index < -0.39 is 0 Å². The Balaban J connectivity index is 2.49. The molecular weight excluding hydrogens is 256 g/mol. The number of hydrogen-bond donors (Lipinski definition) is 0. The Bertz CT molecular complexity index is 403. The molecule has 4 heteroatoms. The van der Waals surface area contributed by atoms with Gasteiger partial charge in [-0.3, -0.25) is 9.48 Å². The van der Waals surface area contributed by atoms with Crippen LogP contribution >= 0.6 is 15.9 Å². The van der Waals surface area contributed by atoms with Gasteiger partial charge in [0, 0.05) is 5.69 Å². The summed E-state index contributed by atoms with van der Waals surface area (Å²) in [5, 5.41) is 4.33. The zero-order valence-electron chi connectivity index (χ0n) is 9.25. The van der Waals surface area contributed by atoms with Gasteiger partial charge in [0.2, 0.25) is 0 Å². The van der Waals surface area contributed by atoms with Crippen molar-refractivity contribution in [2.75, 3.05) is 0 Å². The summed E-state index contributed by atoms with van der Waals surface area (Å²) in [4.78, 5) is 11.8. The predicted molar refractivity (Wildman–Crippen MR) is 62.6 cm³/mol. The van der Waals surface area contributed by atoms with Gasteiger partial charge < -0.3 is 0 Å². The third-order valence-corrected chi connectivity index (χ3v) is 3.56. The first kappa shape index (κ1) is 10.9. The minimum absolute atomic E-state index is 0.0254. The molecule has 1 atom stereocenters. The van der Waals surface area contributed by atoms with Crippen molar-refractivity contribution in [3.8, 4) is 0 Å². The maximum absolute atomic E-state index is 11.9. The molecule has 0 fully saturated rings. The van der Waals surface area contributed by atoms with Crippen LogP contribution in [0.1, 0.15) is 43.2 Å². The van der Waals surface area contributed by atoms with Crippen LogP contribution in [0.15, 0.2) is 6.20 Å². The number of aromatic nitrogens is 2. The highest BCUT2D eigenvalue weighted by atomic mass is 79.9. The second-order valence-electron chi connectivity index (χ2n) is 4.96. The van der Waals surface area contributed by atoms with E-state index in [1.807, 2.05) is 4.68 Å². The zero-order chi connectivity index (χ0) is 11.2. The van der Waals surface area contributed by atoms with Crippen LogP contribution in [-0.2, 0) is 12.0 Å². The van der Waals surface area contributed by atoms with Gasteiger partial charge in [0.1, 0.15) is 0 Å². The summed E-state index contributed by atoms with van der Waals surface area (Å²) in [6.07, 6.45) is 3.50. The molecule has 0 radical (unpaired) electrons. The molecule has 1 aliphatic rings. The lowest BCUT2D eigenvalue weighted by molar-refractivity contribution is 0.0980. The summed E-state index contributed by atoms with van der Waals surface area (Å²) in [6, 6.07) is 0. The fourth-order valence-electron chi connectivity index (χ4n) is 1.96. The maximum atomic E-state index is 11.9. The average Bonchev–Trinajstić information content (AvgIpc) is 2.54. The monoisotopic (exact) mass is 270 g/mol. The quantitative estimate of drug-likeness (QED) is 0.680. The van der Waals surface area contributed by atoms with E-state index in [9.17, 15) is 4.79 Å². The van der Waals surface area contributed by atoms with Gasteiger partial charge in [0.05, 0.1) is 22.1 Å². The van der Waals surface area contributed by atoms with Gasteiger partial charge in [-0.15, -0.1) is 0 Å². The van der Waals surface area contributed by atoms with Gasteiger partial charge in [0.25, 0.3) is 0 Å². The molecule has 1 unspecified atom stereocenters. The van der Waals surface area contributed by atoms with E-state index in [0.29, 0.717) is 0 Å². The van der Waals surface area contributed by atoms with Crippen molar-refractivity contribution in [1.82, 2.24) is 9.78 Å². The molecule has 1 aromatic rings. The van der Waals surface area contributed by atoms with E-state index in [1.165, 1.54) is 0 Å². The number of fused-ring (bicyclic) bond motifs is 1. The topological polar surface area (TPSA) is 34.9 Å². The van der Waals surface area contributed by atoms with E-state index in [2.05, 4.69) is 41.8 Å². The van der Waals surface area contributed by atoms with Gasteiger partial charge in [-0.2, -0.15) is 5.10 Å². The molecule has 3 nitrogen and oxygen atoms in total. The van der Waals surface area contributed by atoms with Crippen molar-refractivity contribution in [2.45, 2.75) is 44.0 Å².